The SMILES string of the molecule is CCC(O)C(O)CC=O. The van der Waals surface area contributed by atoms with Crippen LogP contribution in [0.1, 0.15) is 19.8 Å². The van der Waals surface area contributed by atoms with E-state index in [1.807, 2.05) is 0 Å². The summed E-state index contributed by atoms with van der Waals surface area (Å²) in [7, 11) is 0. The van der Waals surface area contributed by atoms with E-state index in [2.05, 4.69) is 0 Å². The van der Waals surface area contributed by atoms with Gasteiger partial charge >= 0.3 is 0 Å². The van der Waals surface area contributed by atoms with E-state index in [1.54, 1.807) is 6.92 Å². The number of hydrogen-bond donors (Lipinski definition) is 2. The molecule has 2 atom stereocenters. The predicted octanol–water partition coefficient (Wildman–Crippen LogP) is -0.293. The van der Waals surface area contributed by atoms with Crippen LogP contribution < -0.4 is 0 Å². The Hall–Kier alpha value is -0.410. The predicted molar refractivity (Wildman–Crippen MR) is 33.0 cm³/mol. The van der Waals surface area contributed by atoms with Gasteiger partial charge in [-0.3, -0.25) is 0 Å². The van der Waals surface area contributed by atoms with Crippen molar-refractivity contribution in [2.75, 3.05) is 0 Å². The van der Waals surface area contributed by atoms with Gasteiger partial charge in [0.25, 0.3) is 0 Å². The molecule has 0 bridgehead atoms. The Balaban J connectivity index is 3.44. The van der Waals surface area contributed by atoms with Crippen LogP contribution in [-0.2, 0) is 4.79 Å². The molecule has 3 heteroatoms. The summed E-state index contributed by atoms with van der Waals surface area (Å²) in [6, 6.07) is 0. The molecule has 0 saturated carbocycles. The molecule has 0 spiro atoms. The lowest BCUT2D eigenvalue weighted by molar-refractivity contribution is -0.111. The summed E-state index contributed by atoms with van der Waals surface area (Å²) in [5.41, 5.74) is 0. The van der Waals surface area contributed by atoms with Crippen molar-refractivity contribution in [3.05, 3.63) is 0 Å². The van der Waals surface area contributed by atoms with Crippen LogP contribution in [0, 0.1) is 0 Å². The average molecular weight is 132 g/mol. The topological polar surface area (TPSA) is 57.5 Å². The first-order valence-corrected chi connectivity index (χ1v) is 3.02. The van der Waals surface area contributed by atoms with Gasteiger partial charge < -0.3 is 15.0 Å². The average Bonchev–Trinajstić information content (AvgIpc) is 1.87. The summed E-state index contributed by atoms with van der Waals surface area (Å²) >= 11 is 0. The Morgan fingerprint density at radius 2 is 2.00 bits per heavy atom. The molecule has 0 aromatic carbocycles. The van der Waals surface area contributed by atoms with Gasteiger partial charge in [-0.2, -0.15) is 0 Å². The third-order valence-corrected chi connectivity index (χ3v) is 1.20. The van der Waals surface area contributed by atoms with Crippen LogP contribution in [0.25, 0.3) is 0 Å². The van der Waals surface area contributed by atoms with E-state index in [0.717, 1.165) is 0 Å². The van der Waals surface area contributed by atoms with Gasteiger partial charge in [0.2, 0.25) is 0 Å². The molecule has 0 rings (SSSR count). The van der Waals surface area contributed by atoms with E-state index in [4.69, 9.17) is 10.2 Å². The normalized spacial score (nSPS) is 16.8. The molecule has 0 amide bonds. The van der Waals surface area contributed by atoms with Crippen molar-refractivity contribution in [1.82, 2.24) is 0 Å². The largest absolute Gasteiger partial charge is 0.390 e. The fraction of sp³-hybridized carbons (Fsp3) is 0.833. The molecular weight excluding hydrogens is 120 g/mol. The van der Waals surface area contributed by atoms with Crippen molar-refractivity contribution >= 4 is 6.29 Å². The second-order valence-corrected chi connectivity index (χ2v) is 1.95. The smallest absolute Gasteiger partial charge is 0.122 e. The zero-order valence-electron chi connectivity index (χ0n) is 5.45. The number of aldehydes is 1. The molecule has 54 valence electrons. The second kappa shape index (κ2) is 4.47. The van der Waals surface area contributed by atoms with Gasteiger partial charge in [-0.1, -0.05) is 6.92 Å². The zero-order chi connectivity index (χ0) is 7.28. The van der Waals surface area contributed by atoms with Crippen molar-refractivity contribution in [1.29, 1.82) is 0 Å². The van der Waals surface area contributed by atoms with E-state index in [9.17, 15) is 4.79 Å². The first-order chi connectivity index (χ1) is 4.22. The Bertz CT molecular complexity index is 82.4. The van der Waals surface area contributed by atoms with E-state index in [1.165, 1.54) is 0 Å². The third-order valence-electron chi connectivity index (χ3n) is 1.20. The molecule has 3 nitrogen and oxygen atoms in total. The highest BCUT2D eigenvalue weighted by molar-refractivity contribution is 5.50. The molecular formula is C6H12O3. The van der Waals surface area contributed by atoms with Gasteiger partial charge in [0.15, 0.2) is 0 Å². The maximum atomic E-state index is 9.76. The minimum atomic E-state index is -0.882. The van der Waals surface area contributed by atoms with Crippen LogP contribution in [0.2, 0.25) is 0 Å². The molecule has 0 aliphatic carbocycles. The Morgan fingerprint density at radius 1 is 1.44 bits per heavy atom. The monoisotopic (exact) mass is 132 g/mol. The number of aliphatic hydroxyl groups is 2. The van der Waals surface area contributed by atoms with Crippen molar-refractivity contribution in [2.45, 2.75) is 32.0 Å². The highest BCUT2D eigenvalue weighted by Crippen LogP contribution is 1.99. The molecule has 0 aliphatic rings. The number of aliphatic hydroxyl groups excluding tert-OH is 2. The fourth-order valence-electron chi connectivity index (χ4n) is 0.528. The zero-order valence-corrected chi connectivity index (χ0v) is 5.45. The first kappa shape index (κ1) is 8.59. The maximum absolute atomic E-state index is 9.76. The number of hydrogen-bond acceptors (Lipinski definition) is 3. The van der Waals surface area contributed by atoms with E-state index in [0.29, 0.717) is 12.7 Å². The summed E-state index contributed by atoms with van der Waals surface area (Å²) in [4.78, 5) is 9.76. The lowest BCUT2D eigenvalue weighted by atomic mass is 10.1. The highest BCUT2D eigenvalue weighted by atomic mass is 16.3. The second-order valence-electron chi connectivity index (χ2n) is 1.95. The standard InChI is InChI=1S/C6H12O3/c1-2-5(8)6(9)3-4-7/h4-6,8-9H,2-3H2,1H3. The van der Waals surface area contributed by atoms with Gasteiger partial charge in [-0.15, -0.1) is 0 Å². The Morgan fingerprint density at radius 3 is 2.33 bits per heavy atom. The van der Waals surface area contributed by atoms with Gasteiger partial charge in [-0.25, -0.2) is 0 Å². The van der Waals surface area contributed by atoms with Crippen LogP contribution in [0.4, 0.5) is 0 Å². The van der Waals surface area contributed by atoms with Gasteiger partial charge in [0.1, 0.15) is 6.29 Å². The lowest BCUT2D eigenvalue weighted by Gasteiger charge is -2.11. The molecule has 0 saturated heterocycles. The quantitative estimate of drug-likeness (QED) is 0.517. The van der Waals surface area contributed by atoms with E-state index >= 15 is 0 Å². The van der Waals surface area contributed by atoms with Crippen molar-refractivity contribution in [2.24, 2.45) is 0 Å². The Kier molecular flexibility index (Phi) is 4.26. The molecule has 0 aliphatic heterocycles. The van der Waals surface area contributed by atoms with Gasteiger partial charge in [0, 0.05) is 6.42 Å². The highest BCUT2D eigenvalue weighted by Gasteiger charge is 2.11. The van der Waals surface area contributed by atoms with Crippen molar-refractivity contribution < 1.29 is 15.0 Å². The van der Waals surface area contributed by atoms with Crippen LogP contribution in [0.5, 0.6) is 0 Å². The number of carbonyl (C=O) groups is 1. The van der Waals surface area contributed by atoms with Crippen molar-refractivity contribution in [3.8, 4) is 0 Å². The fourth-order valence-corrected chi connectivity index (χ4v) is 0.528. The number of rotatable bonds is 4. The van der Waals surface area contributed by atoms with Crippen LogP contribution in [0.15, 0.2) is 0 Å². The van der Waals surface area contributed by atoms with Crippen LogP contribution in [-0.4, -0.2) is 28.7 Å². The summed E-state index contributed by atoms with van der Waals surface area (Å²) in [6.07, 6.45) is -0.532. The van der Waals surface area contributed by atoms with Gasteiger partial charge in [-0.05, 0) is 6.42 Å². The summed E-state index contributed by atoms with van der Waals surface area (Å²) < 4.78 is 0. The molecule has 0 radical (unpaired) electrons. The Labute approximate surface area is 54.3 Å². The van der Waals surface area contributed by atoms with E-state index in [-0.39, 0.29) is 6.42 Å². The summed E-state index contributed by atoms with van der Waals surface area (Å²) in [6.45, 7) is 1.75. The number of carbonyl (C=O) groups excluding carboxylic acids is 1. The summed E-state index contributed by atoms with van der Waals surface area (Å²) in [5, 5.41) is 17.7. The lowest BCUT2D eigenvalue weighted by Crippen LogP contribution is -2.24. The molecule has 2 N–H and O–H groups in total. The molecule has 0 aromatic heterocycles. The van der Waals surface area contributed by atoms with Gasteiger partial charge in [0.05, 0.1) is 12.2 Å². The first-order valence-electron chi connectivity index (χ1n) is 3.02. The molecule has 2 unspecified atom stereocenters. The minimum Gasteiger partial charge on any atom is -0.390 e. The summed E-state index contributed by atoms with van der Waals surface area (Å²) in [5.74, 6) is 0. The molecule has 9 heavy (non-hydrogen) atoms. The molecule has 0 aromatic rings. The minimum absolute atomic E-state index is 0.0228. The maximum Gasteiger partial charge on any atom is 0.122 e. The van der Waals surface area contributed by atoms with Crippen LogP contribution in [0.3, 0.4) is 0 Å². The van der Waals surface area contributed by atoms with E-state index < -0.39 is 12.2 Å². The third kappa shape index (κ3) is 3.21. The van der Waals surface area contributed by atoms with Crippen LogP contribution >= 0.6 is 0 Å². The van der Waals surface area contributed by atoms with Crippen molar-refractivity contribution in [3.63, 3.8) is 0 Å². The molecule has 0 heterocycles. The molecule has 0 fully saturated rings.